The third-order valence-electron chi connectivity index (χ3n) is 5.33. The Balaban J connectivity index is 1.30. The Morgan fingerprint density at radius 3 is 2.80 bits per heavy atom. The summed E-state index contributed by atoms with van der Waals surface area (Å²) >= 11 is 0. The fourth-order valence-electron chi connectivity index (χ4n) is 3.78. The van der Waals surface area contributed by atoms with Crippen LogP contribution in [0.2, 0.25) is 0 Å². The monoisotopic (exact) mass is 353 g/mol. The molecule has 2 bridgehead atoms. The van der Waals surface area contributed by atoms with Gasteiger partial charge in [0, 0.05) is 71.0 Å². The SMILES string of the molecule is CCNC(=NCC1CN2CCN1CC2)NCCCOCC1CCOC1. The van der Waals surface area contributed by atoms with Gasteiger partial charge >= 0.3 is 0 Å². The lowest BCUT2D eigenvalue weighted by molar-refractivity contribution is 0.0174. The summed E-state index contributed by atoms with van der Waals surface area (Å²) in [4.78, 5) is 9.96. The topological polar surface area (TPSA) is 61.4 Å². The summed E-state index contributed by atoms with van der Waals surface area (Å²) < 4.78 is 11.1. The fourth-order valence-corrected chi connectivity index (χ4v) is 3.78. The van der Waals surface area contributed by atoms with Crippen molar-refractivity contribution in [3.8, 4) is 0 Å². The van der Waals surface area contributed by atoms with Crippen molar-refractivity contribution in [1.82, 2.24) is 20.4 Å². The molecule has 2 N–H and O–H groups in total. The van der Waals surface area contributed by atoms with E-state index in [1.54, 1.807) is 0 Å². The number of nitrogens with zero attached hydrogens (tertiary/aromatic N) is 3. The van der Waals surface area contributed by atoms with E-state index in [1.165, 1.54) is 32.7 Å². The summed E-state index contributed by atoms with van der Waals surface area (Å²) in [5.41, 5.74) is 0. The fraction of sp³-hybridized carbons (Fsp3) is 0.944. The van der Waals surface area contributed by atoms with Gasteiger partial charge in [-0.3, -0.25) is 14.8 Å². The molecule has 2 atom stereocenters. The molecule has 0 aromatic carbocycles. The van der Waals surface area contributed by atoms with Gasteiger partial charge < -0.3 is 20.1 Å². The molecular formula is C18H35N5O2. The number of nitrogens with one attached hydrogen (secondary N) is 2. The minimum Gasteiger partial charge on any atom is -0.381 e. The van der Waals surface area contributed by atoms with Crippen molar-refractivity contribution in [2.24, 2.45) is 10.9 Å². The Labute approximate surface area is 152 Å². The van der Waals surface area contributed by atoms with E-state index < -0.39 is 0 Å². The highest BCUT2D eigenvalue weighted by Crippen LogP contribution is 2.15. The second-order valence-electron chi connectivity index (χ2n) is 7.29. The van der Waals surface area contributed by atoms with E-state index >= 15 is 0 Å². The van der Waals surface area contributed by atoms with Crippen LogP contribution >= 0.6 is 0 Å². The molecule has 4 aliphatic heterocycles. The van der Waals surface area contributed by atoms with Gasteiger partial charge in [0.15, 0.2) is 5.96 Å². The van der Waals surface area contributed by atoms with Crippen LogP contribution in [0.15, 0.2) is 4.99 Å². The molecule has 144 valence electrons. The summed E-state index contributed by atoms with van der Waals surface area (Å²) in [6.07, 6.45) is 2.15. The molecule has 0 radical (unpaired) electrons. The number of hydrogen-bond acceptors (Lipinski definition) is 5. The average molecular weight is 354 g/mol. The molecule has 4 heterocycles. The van der Waals surface area contributed by atoms with Crippen LogP contribution in [0.25, 0.3) is 0 Å². The lowest BCUT2D eigenvalue weighted by Crippen LogP contribution is -2.62. The molecule has 4 rings (SSSR count). The highest BCUT2D eigenvalue weighted by Gasteiger charge is 2.31. The van der Waals surface area contributed by atoms with Gasteiger partial charge in [-0.15, -0.1) is 0 Å². The van der Waals surface area contributed by atoms with E-state index in [4.69, 9.17) is 14.5 Å². The van der Waals surface area contributed by atoms with Gasteiger partial charge in [0.05, 0.1) is 19.8 Å². The number of aliphatic imine (C=N–C) groups is 1. The molecule has 0 saturated carbocycles. The number of guanidine groups is 1. The molecule has 7 nitrogen and oxygen atoms in total. The van der Waals surface area contributed by atoms with E-state index in [2.05, 4.69) is 27.4 Å². The van der Waals surface area contributed by atoms with Crippen LogP contribution in [-0.2, 0) is 9.47 Å². The van der Waals surface area contributed by atoms with Gasteiger partial charge in [0.25, 0.3) is 0 Å². The minimum atomic E-state index is 0.579. The predicted molar refractivity (Wildman–Crippen MR) is 100 cm³/mol. The lowest BCUT2D eigenvalue weighted by Gasteiger charge is -2.47. The highest BCUT2D eigenvalue weighted by atomic mass is 16.5. The zero-order valence-corrected chi connectivity index (χ0v) is 15.7. The van der Waals surface area contributed by atoms with E-state index in [0.29, 0.717) is 12.0 Å². The molecule has 0 aromatic heterocycles. The first-order valence-corrected chi connectivity index (χ1v) is 9.99. The maximum atomic E-state index is 5.76. The maximum absolute atomic E-state index is 5.76. The third kappa shape index (κ3) is 6.09. The average Bonchev–Trinajstić information content (AvgIpc) is 3.17. The zero-order valence-electron chi connectivity index (χ0n) is 15.7. The van der Waals surface area contributed by atoms with Crippen LogP contribution in [0.5, 0.6) is 0 Å². The van der Waals surface area contributed by atoms with Gasteiger partial charge in [0.2, 0.25) is 0 Å². The Bertz CT molecular complexity index is 406. The molecule has 4 saturated heterocycles. The summed E-state index contributed by atoms with van der Waals surface area (Å²) in [6.45, 7) is 14.2. The normalized spacial score (nSPS) is 32.1. The summed E-state index contributed by atoms with van der Waals surface area (Å²) in [6, 6.07) is 0.579. The van der Waals surface area contributed by atoms with Crippen molar-refractivity contribution in [2.45, 2.75) is 25.8 Å². The van der Waals surface area contributed by atoms with Crippen molar-refractivity contribution in [3.63, 3.8) is 0 Å². The van der Waals surface area contributed by atoms with Crippen LogP contribution in [0.3, 0.4) is 0 Å². The zero-order chi connectivity index (χ0) is 17.3. The predicted octanol–water partition coefficient (Wildman–Crippen LogP) is -0.0155. The molecule has 4 fully saturated rings. The van der Waals surface area contributed by atoms with Gasteiger partial charge in [-0.1, -0.05) is 0 Å². The van der Waals surface area contributed by atoms with Crippen molar-refractivity contribution >= 4 is 5.96 Å². The van der Waals surface area contributed by atoms with Gasteiger partial charge in [-0.2, -0.15) is 0 Å². The Kier molecular flexibility index (Phi) is 7.79. The van der Waals surface area contributed by atoms with Gasteiger partial charge in [-0.25, -0.2) is 0 Å². The van der Waals surface area contributed by atoms with Crippen molar-refractivity contribution < 1.29 is 9.47 Å². The second kappa shape index (κ2) is 10.3. The van der Waals surface area contributed by atoms with E-state index in [1.807, 2.05) is 0 Å². The number of rotatable bonds is 9. The quantitative estimate of drug-likeness (QED) is 0.345. The van der Waals surface area contributed by atoms with Crippen LogP contribution < -0.4 is 10.6 Å². The lowest BCUT2D eigenvalue weighted by atomic mass is 10.1. The molecule has 0 aliphatic carbocycles. The first-order chi connectivity index (χ1) is 12.3. The Hall–Kier alpha value is -0.890. The Morgan fingerprint density at radius 2 is 2.12 bits per heavy atom. The highest BCUT2D eigenvalue weighted by molar-refractivity contribution is 5.79. The number of piperazine rings is 3. The second-order valence-corrected chi connectivity index (χ2v) is 7.29. The summed E-state index contributed by atoms with van der Waals surface area (Å²) in [7, 11) is 0. The minimum absolute atomic E-state index is 0.579. The van der Waals surface area contributed by atoms with Crippen molar-refractivity contribution in [3.05, 3.63) is 0 Å². The van der Waals surface area contributed by atoms with Gasteiger partial charge in [-0.05, 0) is 19.8 Å². The molecule has 4 aliphatic rings. The van der Waals surface area contributed by atoms with Gasteiger partial charge in [0.1, 0.15) is 0 Å². The number of ether oxygens (including phenoxy) is 2. The smallest absolute Gasteiger partial charge is 0.191 e. The molecule has 7 heteroatoms. The van der Waals surface area contributed by atoms with E-state index in [9.17, 15) is 0 Å². The van der Waals surface area contributed by atoms with Crippen LogP contribution in [-0.4, -0.2) is 101 Å². The van der Waals surface area contributed by atoms with E-state index in [-0.39, 0.29) is 0 Å². The van der Waals surface area contributed by atoms with Crippen LogP contribution in [0, 0.1) is 5.92 Å². The first kappa shape index (κ1) is 18.9. The number of hydrogen-bond donors (Lipinski definition) is 2. The van der Waals surface area contributed by atoms with Crippen molar-refractivity contribution in [2.75, 3.05) is 78.8 Å². The molecular weight excluding hydrogens is 318 g/mol. The molecule has 0 amide bonds. The first-order valence-electron chi connectivity index (χ1n) is 9.99. The third-order valence-corrected chi connectivity index (χ3v) is 5.33. The maximum Gasteiger partial charge on any atom is 0.191 e. The van der Waals surface area contributed by atoms with E-state index in [0.717, 1.165) is 64.9 Å². The standard InChI is InChI=1S/C18H35N5O2/c1-2-19-18(20-5-3-10-24-14-16-4-11-25-15-16)21-12-17-13-22-6-8-23(17)9-7-22/h16-17H,2-15H2,1H3,(H2,19,20,21). The summed E-state index contributed by atoms with van der Waals surface area (Å²) in [5, 5.41) is 6.79. The molecule has 2 unspecified atom stereocenters. The molecule has 25 heavy (non-hydrogen) atoms. The van der Waals surface area contributed by atoms with Crippen molar-refractivity contribution in [1.29, 1.82) is 0 Å². The van der Waals surface area contributed by atoms with Crippen LogP contribution in [0.1, 0.15) is 19.8 Å². The van der Waals surface area contributed by atoms with Crippen LogP contribution in [0.4, 0.5) is 0 Å². The summed E-state index contributed by atoms with van der Waals surface area (Å²) in [5.74, 6) is 1.53. The molecule has 0 aromatic rings. The number of fused-ring (bicyclic) bond motifs is 3. The largest absolute Gasteiger partial charge is 0.381 e. The molecule has 0 spiro atoms. The Morgan fingerprint density at radius 1 is 1.24 bits per heavy atom.